The average molecular weight is 295 g/mol. The van der Waals surface area contributed by atoms with E-state index in [1.54, 1.807) is 0 Å². The fourth-order valence-corrected chi connectivity index (χ4v) is 2.54. The van der Waals surface area contributed by atoms with Gasteiger partial charge in [0.05, 0.1) is 11.7 Å². The maximum absolute atomic E-state index is 10.5. The molecule has 0 aliphatic rings. The van der Waals surface area contributed by atoms with Gasteiger partial charge in [0.1, 0.15) is 12.4 Å². The van der Waals surface area contributed by atoms with Crippen LogP contribution in [0.2, 0.25) is 0 Å². The van der Waals surface area contributed by atoms with Crippen LogP contribution in [0.15, 0.2) is 24.3 Å². The minimum Gasteiger partial charge on any atom is -0.491 e. The van der Waals surface area contributed by atoms with Gasteiger partial charge in [-0.3, -0.25) is 0 Å². The molecule has 0 unspecified atom stereocenters. The van der Waals surface area contributed by atoms with Crippen molar-refractivity contribution in [3.05, 3.63) is 29.8 Å². The van der Waals surface area contributed by atoms with Crippen LogP contribution in [0, 0.1) is 0 Å². The molecule has 120 valence electrons. The monoisotopic (exact) mass is 295 g/mol. The van der Waals surface area contributed by atoms with Crippen molar-refractivity contribution in [2.75, 3.05) is 13.2 Å². The standard InChI is InChI=1S/C17H29NO3/c1-3-8-17(20,9-4-2)13-21-16-7-5-6-14(11-16)10-15(19)12-18/h5-7,11,15,19-20H,3-4,8-10,12-13,18H2,1-2H3/t15-/m0/s1. The minimum absolute atomic E-state index is 0.248. The smallest absolute Gasteiger partial charge is 0.119 e. The molecule has 1 aromatic carbocycles. The van der Waals surface area contributed by atoms with Crippen molar-refractivity contribution in [1.29, 1.82) is 0 Å². The zero-order valence-corrected chi connectivity index (χ0v) is 13.2. The Bertz CT molecular complexity index is 403. The van der Waals surface area contributed by atoms with Gasteiger partial charge in [-0.1, -0.05) is 38.8 Å². The number of hydrogen-bond acceptors (Lipinski definition) is 4. The highest BCUT2D eigenvalue weighted by atomic mass is 16.5. The van der Waals surface area contributed by atoms with Gasteiger partial charge in [0.15, 0.2) is 0 Å². The van der Waals surface area contributed by atoms with Crippen LogP contribution < -0.4 is 10.5 Å². The van der Waals surface area contributed by atoms with Crippen LogP contribution in [0.5, 0.6) is 5.75 Å². The van der Waals surface area contributed by atoms with E-state index in [9.17, 15) is 10.2 Å². The molecule has 1 atom stereocenters. The predicted molar refractivity (Wildman–Crippen MR) is 85.5 cm³/mol. The quantitative estimate of drug-likeness (QED) is 0.619. The molecule has 0 aromatic heterocycles. The SMILES string of the molecule is CCCC(O)(CCC)COc1cccc(C[C@H](O)CN)c1. The van der Waals surface area contributed by atoms with E-state index in [1.165, 1.54) is 0 Å². The van der Waals surface area contributed by atoms with Gasteiger partial charge < -0.3 is 20.7 Å². The third-order valence-corrected chi connectivity index (χ3v) is 3.58. The van der Waals surface area contributed by atoms with Crippen molar-refractivity contribution in [3.8, 4) is 5.75 Å². The largest absolute Gasteiger partial charge is 0.491 e. The summed E-state index contributed by atoms with van der Waals surface area (Å²) in [5, 5.41) is 20.1. The van der Waals surface area contributed by atoms with E-state index in [0.29, 0.717) is 13.0 Å². The Morgan fingerprint density at radius 1 is 1.24 bits per heavy atom. The second kappa shape index (κ2) is 9.03. The van der Waals surface area contributed by atoms with Crippen molar-refractivity contribution >= 4 is 0 Å². The number of benzene rings is 1. The average Bonchev–Trinajstić information content (AvgIpc) is 2.46. The third-order valence-electron chi connectivity index (χ3n) is 3.58. The summed E-state index contributed by atoms with van der Waals surface area (Å²) >= 11 is 0. The van der Waals surface area contributed by atoms with E-state index in [-0.39, 0.29) is 6.54 Å². The molecule has 0 saturated carbocycles. The van der Waals surface area contributed by atoms with Gasteiger partial charge >= 0.3 is 0 Å². The van der Waals surface area contributed by atoms with E-state index >= 15 is 0 Å². The normalized spacial score (nSPS) is 13.2. The molecule has 0 aliphatic heterocycles. The lowest BCUT2D eigenvalue weighted by atomic mass is 9.94. The number of rotatable bonds is 10. The van der Waals surface area contributed by atoms with Crippen LogP contribution in [-0.2, 0) is 6.42 Å². The molecular weight excluding hydrogens is 266 g/mol. The Labute approximate surface area is 127 Å². The lowest BCUT2D eigenvalue weighted by Crippen LogP contribution is -2.35. The molecule has 4 heteroatoms. The summed E-state index contributed by atoms with van der Waals surface area (Å²) in [6.07, 6.45) is 3.34. The van der Waals surface area contributed by atoms with Gasteiger partial charge in [0.2, 0.25) is 0 Å². The number of hydrogen-bond donors (Lipinski definition) is 3. The molecular formula is C17H29NO3. The number of nitrogens with two attached hydrogens (primary N) is 1. The summed E-state index contributed by atoms with van der Waals surface area (Å²) in [6, 6.07) is 7.61. The lowest BCUT2D eigenvalue weighted by molar-refractivity contribution is -0.0202. The molecule has 4 N–H and O–H groups in total. The zero-order chi connectivity index (χ0) is 15.7. The highest BCUT2D eigenvalue weighted by Gasteiger charge is 2.25. The second-order valence-electron chi connectivity index (χ2n) is 5.75. The molecule has 4 nitrogen and oxygen atoms in total. The van der Waals surface area contributed by atoms with Crippen LogP contribution in [0.4, 0.5) is 0 Å². The maximum atomic E-state index is 10.5. The molecule has 0 fully saturated rings. The zero-order valence-electron chi connectivity index (χ0n) is 13.2. The molecule has 21 heavy (non-hydrogen) atoms. The van der Waals surface area contributed by atoms with Crippen LogP contribution in [-0.4, -0.2) is 35.1 Å². The molecule has 0 aliphatic carbocycles. The predicted octanol–water partition coefficient (Wildman–Crippen LogP) is 2.26. The van der Waals surface area contributed by atoms with E-state index in [0.717, 1.165) is 37.0 Å². The lowest BCUT2D eigenvalue weighted by Gasteiger charge is -2.27. The number of ether oxygens (including phenoxy) is 1. The maximum Gasteiger partial charge on any atom is 0.119 e. The van der Waals surface area contributed by atoms with Crippen molar-refractivity contribution in [3.63, 3.8) is 0 Å². The Balaban J connectivity index is 2.63. The van der Waals surface area contributed by atoms with E-state index in [1.807, 2.05) is 24.3 Å². The van der Waals surface area contributed by atoms with Crippen molar-refractivity contribution < 1.29 is 14.9 Å². The first-order valence-corrected chi connectivity index (χ1v) is 7.85. The van der Waals surface area contributed by atoms with Crippen molar-refractivity contribution in [1.82, 2.24) is 0 Å². The van der Waals surface area contributed by atoms with Gasteiger partial charge in [0.25, 0.3) is 0 Å². The molecule has 0 radical (unpaired) electrons. The van der Waals surface area contributed by atoms with Gasteiger partial charge in [0, 0.05) is 6.54 Å². The fraction of sp³-hybridized carbons (Fsp3) is 0.647. The summed E-state index contributed by atoms with van der Waals surface area (Å²) in [7, 11) is 0. The van der Waals surface area contributed by atoms with Gasteiger partial charge in [-0.2, -0.15) is 0 Å². The molecule has 0 saturated heterocycles. The molecule has 0 spiro atoms. The Hall–Kier alpha value is -1.10. The Morgan fingerprint density at radius 2 is 1.90 bits per heavy atom. The first-order valence-electron chi connectivity index (χ1n) is 7.85. The summed E-state index contributed by atoms with van der Waals surface area (Å²) in [5.74, 6) is 0.724. The number of aliphatic hydroxyl groups is 2. The van der Waals surface area contributed by atoms with Gasteiger partial charge in [-0.05, 0) is 37.0 Å². The number of aliphatic hydroxyl groups excluding tert-OH is 1. The minimum atomic E-state index is -0.754. The summed E-state index contributed by atoms with van der Waals surface area (Å²) in [6.45, 7) is 4.68. The third kappa shape index (κ3) is 6.46. The highest BCUT2D eigenvalue weighted by molar-refractivity contribution is 5.29. The van der Waals surface area contributed by atoms with Crippen LogP contribution >= 0.6 is 0 Å². The van der Waals surface area contributed by atoms with Gasteiger partial charge in [-0.25, -0.2) is 0 Å². The van der Waals surface area contributed by atoms with E-state index in [4.69, 9.17) is 10.5 Å². The summed E-state index contributed by atoms with van der Waals surface area (Å²) in [5.41, 5.74) is 5.66. The van der Waals surface area contributed by atoms with Crippen LogP contribution in [0.25, 0.3) is 0 Å². The van der Waals surface area contributed by atoms with Crippen molar-refractivity contribution in [2.45, 2.75) is 57.7 Å². The molecule has 1 rings (SSSR count). The van der Waals surface area contributed by atoms with E-state index in [2.05, 4.69) is 13.8 Å². The van der Waals surface area contributed by atoms with Crippen LogP contribution in [0.1, 0.15) is 45.1 Å². The van der Waals surface area contributed by atoms with Crippen molar-refractivity contribution in [2.24, 2.45) is 5.73 Å². The molecule has 1 aromatic rings. The van der Waals surface area contributed by atoms with Gasteiger partial charge in [-0.15, -0.1) is 0 Å². The Morgan fingerprint density at radius 3 is 2.48 bits per heavy atom. The summed E-state index contributed by atoms with van der Waals surface area (Å²) in [4.78, 5) is 0. The van der Waals surface area contributed by atoms with Crippen LogP contribution in [0.3, 0.4) is 0 Å². The summed E-state index contributed by atoms with van der Waals surface area (Å²) < 4.78 is 5.77. The first-order chi connectivity index (χ1) is 10.0. The fourth-order valence-electron chi connectivity index (χ4n) is 2.54. The second-order valence-corrected chi connectivity index (χ2v) is 5.75. The van der Waals surface area contributed by atoms with E-state index < -0.39 is 11.7 Å². The first kappa shape index (κ1) is 18.0. The Kier molecular flexibility index (Phi) is 7.72. The highest BCUT2D eigenvalue weighted by Crippen LogP contribution is 2.22. The molecule has 0 bridgehead atoms. The molecule has 0 amide bonds. The molecule has 0 heterocycles. The topological polar surface area (TPSA) is 75.7 Å².